The fourth-order valence-corrected chi connectivity index (χ4v) is 1.09. The van der Waals surface area contributed by atoms with E-state index in [4.69, 9.17) is 11.6 Å². The molecule has 1 rings (SSSR count). The van der Waals surface area contributed by atoms with Crippen molar-refractivity contribution in [2.24, 2.45) is 5.16 Å². The average molecular weight is 184 g/mol. The summed E-state index contributed by atoms with van der Waals surface area (Å²) >= 11 is 5.79. The second-order valence-corrected chi connectivity index (χ2v) is 2.81. The van der Waals surface area contributed by atoms with E-state index in [1.54, 1.807) is 0 Å². The number of halogens is 1. The second kappa shape index (κ2) is 4.12. The van der Waals surface area contributed by atoms with Crippen molar-refractivity contribution in [1.82, 2.24) is 0 Å². The lowest BCUT2D eigenvalue weighted by Crippen LogP contribution is -1.94. The zero-order valence-corrected chi connectivity index (χ0v) is 7.80. The Balaban J connectivity index is 2.95. The van der Waals surface area contributed by atoms with Crippen LogP contribution in [0, 0.1) is 0 Å². The Labute approximate surface area is 76.8 Å². The topological polar surface area (TPSA) is 21.6 Å². The molecule has 64 valence electrons. The van der Waals surface area contributed by atoms with E-state index in [1.165, 1.54) is 7.11 Å². The first-order valence-corrected chi connectivity index (χ1v) is 3.95. The fraction of sp³-hybridized carbons (Fsp3) is 0.222. The van der Waals surface area contributed by atoms with Crippen molar-refractivity contribution < 1.29 is 4.84 Å². The number of benzene rings is 1. The highest BCUT2D eigenvalue weighted by atomic mass is 35.5. The molecule has 12 heavy (non-hydrogen) atoms. The average Bonchev–Trinajstić information content (AvgIpc) is 2.05. The first kappa shape index (κ1) is 9.07. The molecule has 1 aromatic carbocycles. The molecule has 0 aliphatic heterocycles. The summed E-state index contributed by atoms with van der Waals surface area (Å²) in [5, 5.41) is 4.50. The van der Waals surface area contributed by atoms with Gasteiger partial charge in [-0.25, -0.2) is 0 Å². The molecule has 0 saturated carbocycles. The smallest absolute Gasteiger partial charge is 0.106 e. The number of hydrogen-bond acceptors (Lipinski definition) is 2. The van der Waals surface area contributed by atoms with E-state index in [2.05, 4.69) is 9.99 Å². The van der Waals surface area contributed by atoms with Gasteiger partial charge < -0.3 is 4.84 Å². The molecule has 0 aromatic heterocycles. The number of hydrogen-bond donors (Lipinski definition) is 0. The first-order chi connectivity index (χ1) is 5.74. The summed E-state index contributed by atoms with van der Waals surface area (Å²) in [6.07, 6.45) is 0. The molecule has 2 nitrogen and oxygen atoms in total. The van der Waals surface area contributed by atoms with Gasteiger partial charge in [-0.15, -0.1) is 0 Å². The summed E-state index contributed by atoms with van der Waals surface area (Å²) in [4.78, 5) is 4.64. The van der Waals surface area contributed by atoms with Crippen molar-refractivity contribution in [3.63, 3.8) is 0 Å². The van der Waals surface area contributed by atoms with Crippen LogP contribution >= 0.6 is 11.6 Å². The third-order valence-corrected chi connectivity index (χ3v) is 1.71. The van der Waals surface area contributed by atoms with Gasteiger partial charge in [0.15, 0.2) is 0 Å². The van der Waals surface area contributed by atoms with E-state index >= 15 is 0 Å². The molecule has 3 heteroatoms. The van der Waals surface area contributed by atoms with E-state index in [0.717, 1.165) is 11.3 Å². The number of rotatable bonds is 2. The second-order valence-electron chi connectivity index (χ2n) is 2.37. The maximum atomic E-state index is 5.79. The van der Waals surface area contributed by atoms with Gasteiger partial charge in [-0.1, -0.05) is 28.9 Å². The lowest BCUT2D eigenvalue weighted by atomic mass is 10.1. The minimum absolute atomic E-state index is 0.707. The van der Waals surface area contributed by atoms with Crippen LogP contribution in [-0.4, -0.2) is 12.8 Å². The Hall–Kier alpha value is -1.02. The Morgan fingerprint density at radius 1 is 1.50 bits per heavy atom. The maximum Gasteiger partial charge on any atom is 0.106 e. The lowest BCUT2D eigenvalue weighted by molar-refractivity contribution is 0.213. The molecule has 0 N–H and O–H groups in total. The molecule has 0 fully saturated rings. The Kier molecular flexibility index (Phi) is 3.11. The van der Waals surface area contributed by atoms with Crippen molar-refractivity contribution in [2.45, 2.75) is 6.92 Å². The maximum absolute atomic E-state index is 5.79. The minimum Gasteiger partial charge on any atom is -0.399 e. The van der Waals surface area contributed by atoms with Crippen LogP contribution in [0.3, 0.4) is 0 Å². The van der Waals surface area contributed by atoms with Crippen molar-refractivity contribution in [3.8, 4) is 0 Å². The third kappa shape index (κ3) is 2.24. The van der Waals surface area contributed by atoms with Gasteiger partial charge in [0, 0.05) is 10.6 Å². The quantitative estimate of drug-likeness (QED) is 0.510. The van der Waals surface area contributed by atoms with Crippen LogP contribution in [0.25, 0.3) is 0 Å². The zero-order valence-electron chi connectivity index (χ0n) is 7.04. The molecule has 0 radical (unpaired) electrons. The summed E-state index contributed by atoms with van der Waals surface area (Å²) in [5.41, 5.74) is 1.80. The molecular weight excluding hydrogens is 174 g/mol. The van der Waals surface area contributed by atoms with E-state index in [1.807, 2.05) is 31.2 Å². The molecule has 0 heterocycles. The predicted octanol–water partition coefficient (Wildman–Crippen LogP) is 2.71. The van der Waals surface area contributed by atoms with Crippen LogP contribution in [0.4, 0.5) is 0 Å². The van der Waals surface area contributed by atoms with Crippen molar-refractivity contribution >= 4 is 17.3 Å². The van der Waals surface area contributed by atoms with E-state index in [9.17, 15) is 0 Å². The van der Waals surface area contributed by atoms with Gasteiger partial charge in [-0.3, -0.25) is 0 Å². The monoisotopic (exact) mass is 183 g/mol. The normalized spacial score (nSPS) is 11.4. The van der Waals surface area contributed by atoms with Gasteiger partial charge in [0.1, 0.15) is 7.11 Å². The minimum atomic E-state index is 0.707. The molecule has 0 aliphatic rings. The van der Waals surface area contributed by atoms with Gasteiger partial charge in [0.2, 0.25) is 0 Å². The predicted molar refractivity (Wildman–Crippen MR) is 50.7 cm³/mol. The van der Waals surface area contributed by atoms with Gasteiger partial charge >= 0.3 is 0 Å². The Bertz CT molecular complexity index is 296. The van der Waals surface area contributed by atoms with Gasteiger partial charge in [0.25, 0.3) is 0 Å². The standard InChI is InChI=1S/C9H10ClNO/c1-7(11-12-2)8-4-3-5-9(10)6-8/h3-6H,1-2H3/b11-7-. The zero-order chi connectivity index (χ0) is 8.97. The number of nitrogens with zero attached hydrogens (tertiary/aromatic N) is 1. The van der Waals surface area contributed by atoms with Gasteiger partial charge in [-0.2, -0.15) is 0 Å². The highest BCUT2D eigenvalue weighted by molar-refractivity contribution is 6.31. The largest absolute Gasteiger partial charge is 0.399 e. The van der Waals surface area contributed by atoms with Crippen LogP contribution in [0.2, 0.25) is 5.02 Å². The Morgan fingerprint density at radius 3 is 2.83 bits per heavy atom. The van der Waals surface area contributed by atoms with Crippen molar-refractivity contribution in [1.29, 1.82) is 0 Å². The molecule has 0 amide bonds. The van der Waals surface area contributed by atoms with E-state index in [-0.39, 0.29) is 0 Å². The highest BCUT2D eigenvalue weighted by Gasteiger charge is 1.97. The molecule has 1 aromatic rings. The van der Waals surface area contributed by atoms with Crippen molar-refractivity contribution in [3.05, 3.63) is 34.9 Å². The third-order valence-electron chi connectivity index (χ3n) is 1.47. The van der Waals surface area contributed by atoms with Crippen molar-refractivity contribution in [2.75, 3.05) is 7.11 Å². The summed E-state index contributed by atoms with van der Waals surface area (Å²) in [7, 11) is 1.52. The SMILES string of the molecule is CO/N=C(/C)c1cccc(Cl)c1. The Morgan fingerprint density at radius 2 is 2.25 bits per heavy atom. The first-order valence-electron chi connectivity index (χ1n) is 3.57. The summed E-state index contributed by atoms with van der Waals surface area (Å²) in [6, 6.07) is 7.49. The fourth-order valence-electron chi connectivity index (χ4n) is 0.903. The van der Waals surface area contributed by atoms with Crippen LogP contribution < -0.4 is 0 Å². The van der Waals surface area contributed by atoms with E-state index in [0.29, 0.717) is 5.02 Å². The molecule has 0 atom stereocenters. The molecule has 0 spiro atoms. The van der Waals surface area contributed by atoms with Crippen LogP contribution in [0.5, 0.6) is 0 Å². The van der Waals surface area contributed by atoms with E-state index < -0.39 is 0 Å². The van der Waals surface area contributed by atoms with Crippen LogP contribution in [0.1, 0.15) is 12.5 Å². The van der Waals surface area contributed by atoms with Gasteiger partial charge in [0.05, 0.1) is 5.71 Å². The highest BCUT2D eigenvalue weighted by Crippen LogP contribution is 2.11. The summed E-state index contributed by atoms with van der Waals surface area (Å²) < 4.78 is 0. The molecule has 0 saturated heterocycles. The summed E-state index contributed by atoms with van der Waals surface area (Å²) in [5.74, 6) is 0. The molecule has 0 bridgehead atoms. The number of oxime groups is 1. The van der Waals surface area contributed by atoms with Crippen LogP contribution in [-0.2, 0) is 4.84 Å². The van der Waals surface area contributed by atoms with Gasteiger partial charge in [-0.05, 0) is 19.1 Å². The molecule has 0 aliphatic carbocycles. The molecule has 0 unspecified atom stereocenters. The van der Waals surface area contributed by atoms with Crippen LogP contribution in [0.15, 0.2) is 29.4 Å². The molecular formula is C9H10ClNO. The lowest BCUT2D eigenvalue weighted by Gasteiger charge is -1.99. The summed E-state index contributed by atoms with van der Waals surface area (Å²) in [6.45, 7) is 1.87.